The lowest BCUT2D eigenvalue weighted by Crippen LogP contribution is -2.30. The van der Waals surface area contributed by atoms with Crippen molar-refractivity contribution in [1.82, 2.24) is 14.6 Å². The van der Waals surface area contributed by atoms with Gasteiger partial charge in [-0.3, -0.25) is 9.59 Å². The highest BCUT2D eigenvalue weighted by Crippen LogP contribution is 2.35. The number of hydrogen-bond donors (Lipinski definition) is 1. The number of hydrogen-bond acceptors (Lipinski definition) is 5. The van der Waals surface area contributed by atoms with E-state index < -0.39 is 0 Å². The molecule has 1 aliphatic heterocycles. The van der Waals surface area contributed by atoms with E-state index in [0.29, 0.717) is 24.1 Å². The van der Waals surface area contributed by atoms with E-state index in [-0.39, 0.29) is 11.7 Å². The van der Waals surface area contributed by atoms with Gasteiger partial charge in [-0.2, -0.15) is 5.10 Å². The lowest BCUT2D eigenvalue weighted by molar-refractivity contribution is -0.117. The minimum absolute atomic E-state index is 0.231. The van der Waals surface area contributed by atoms with Gasteiger partial charge in [0.15, 0.2) is 5.65 Å². The van der Waals surface area contributed by atoms with Crippen LogP contribution in [-0.4, -0.2) is 39.4 Å². The highest BCUT2D eigenvalue weighted by atomic mass is 16.1. The molecule has 2 aliphatic rings. The molecule has 1 amide bonds. The Morgan fingerprint density at radius 1 is 1.07 bits per heavy atom. The lowest BCUT2D eigenvalue weighted by Gasteiger charge is -2.31. The Bertz CT molecular complexity index is 1080. The molecule has 1 N–H and O–H groups in total. The predicted octanol–water partition coefficient (Wildman–Crippen LogP) is 2.64. The average molecular weight is 375 g/mol. The Balaban J connectivity index is 1.52. The van der Waals surface area contributed by atoms with Crippen LogP contribution in [0.15, 0.2) is 36.8 Å². The number of anilines is 2. The van der Waals surface area contributed by atoms with E-state index in [1.807, 2.05) is 6.07 Å². The van der Waals surface area contributed by atoms with Crippen LogP contribution in [0.4, 0.5) is 11.4 Å². The molecule has 1 aromatic carbocycles. The Morgan fingerprint density at radius 2 is 1.86 bits per heavy atom. The predicted molar refractivity (Wildman–Crippen MR) is 106 cm³/mol. The molecule has 0 radical (unpaired) electrons. The zero-order valence-corrected chi connectivity index (χ0v) is 15.5. The molecule has 142 valence electrons. The number of rotatable bonds is 3. The molecule has 0 unspecified atom stereocenters. The second-order valence-electron chi connectivity index (χ2n) is 7.48. The summed E-state index contributed by atoms with van der Waals surface area (Å²) >= 11 is 0. The first-order chi connectivity index (χ1) is 13.7. The number of Topliss-reactive ketones (excluding diaryl/α,β-unsaturated/α-hetero) is 1. The first-order valence-corrected chi connectivity index (χ1v) is 9.71. The summed E-state index contributed by atoms with van der Waals surface area (Å²) in [5, 5.41) is 7.26. The van der Waals surface area contributed by atoms with Crippen molar-refractivity contribution in [3.63, 3.8) is 0 Å². The van der Waals surface area contributed by atoms with Crippen molar-refractivity contribution in [2.24, 2.45) is 0 Å². The molecular weight excluding hydrogens is 354 g/mol. The van der Waals surface area contributed by atoms with Crippen LogP contribution in [0.1, 0.15) is 40.7 Å². The van der Waals surface area contributed by atoms with Crippen LogP contribution in [0.2, 0.25) is 0 Å². The standard InChI is InChI=1S/C21H21N5O2/c27-16-9-14-11-18(19(12-15(14)10-16)25-6-2-1-3-7-25)24-21(28)17-13-23-26-8-4-5-22-20(17)26/h4-5,8,11-13H,1-3,6-7,9-10H2,(H,24,28). The Hall–Kier alpha value is -3.22. The van der Waals surface area contributed by atoms with Gasteiger partial charge in [0.2, 0.25) is 0 Å². The largest absolute Gasteiger partial charge is 0.370 e. The van der Waals surface area contributed by atoms with Gasteiger partial charge in [-0.25, -0.2) is 9.50 Å². The molecule has 28 heavy (non-hydrogen) atoms. The van der Waals surface area contributed by atoms with Crippen LogP contribution < -0.4 is 10.2 Å². The van der Waals surface area contributed by atoms with Crippen LogP contribution >= 0.6 is 0 Å². The zero-order chi connectivity index (χ0) is 19.1. The fourth-order valence-corrected chi connectivity index (χ4v) is 4.17. The van der Waals surface area contributed by atoms with Gasteiger partial charge in [-0.1, -0.05) is 0 Å². The van der Waals surface area contributed by atoms with Gasteiger partial charge in [-0.15, -0.1) is 0 Å². The lowest BCUT2D eigenvalue weighted by atomic mass is 10.0. The monoisotopic (exact) mass is 375 g/mol. The van der Waals surface area contributed by atoms with Crippen LogP contribution in [0, 0.1) is 0 Å². The van der Waals surface area contributed by atoms with Crippen LogP contribution in [0.3, 0.4) is 0 Å². The summed E-state index contributed by atoms with van der Waals surface area (Å²) in [5.41, 5.74) is 4.82. The molecular formula is C21H21N5O2. The molecule has 0 spiro atoms. The molecule has 0 bridgehead atoms. The van der Waals surface area contributed by atoms with Gasteiger partial charge in [-0.05, 0) is 48.6 Å². The van der Waals surface area contributed by atoms with E-state index in [0.717, 1.165) is 48.4 Å². The normalized spacial score (nSPS) is 16.4. The van der Waals surface area contributed by atoms with Gasteiger partial charge in [0, 0.05) is 38.3 Å². The maximum atomic E-state index is 13.0. The molecule has 7 nitrogen and oxygen atoms in total. The van der Waals surface area contributed by atoms with E-state index in [1.54, 1.807) is 23.0 Å². The van der Waals surface area contributed by atoms with Crippen molar-refractivity contribution >= 4 is 28.7 Å². The van der Waals surface area contributed by atoms with Crippen molar-refractivity contribution in [3.05, 3.63) is 53.5 Å². The van der Waals surface area contributed by atoms with E-state index in [1.165, 1.54) is 12.6 Å². The first kappa shape index (κ1) is 16.9. The molecule has 3 heterocycles. The van der Waals surface area contributed by atoms with Gasteiger partial charge < -0.3 is 10.2 Å². The number of carbonyl (C=O) groups is 2. The summed E-state index contributed by atoms with van der Waals surface area (Å²) in [5.74, 6) is -0.00821. The third kappa shape index (κ3) is 2.93. The third-order valence-electron chi connectivity index (χ3n) is 5.56. The van der Waals surface area contributed by atoms with Crippen LogP contribution in [-0.2, 0) is 17.6 Å². The maximum absolute atomic E-state index is 13.0. The minimum Gasteiger partial charge on any atom is -0.370 e. The topological polar surface area (TPSA) is 79.6 Å². The number of piperidine rings is 1. The highest BCUT2D eigenvalue weighted by molar-refractivity contribution is 6.09. The number of fused-ring (bicyclic) bond motifs is 2. The van der Waals surface area contributed by atoms with Crippen molar-refractivity contribution in [3.8, 4) is 0 Å². The van der Waals surface area contributed by atoms with Crippen molar-refractivity contribution < 1.29 is 9.59 Å². The molecule has 0 atom stereocenters. The average Bonchev–Trinajstić information content (AvgIpc) is 3.30. The number of aromatic nitrogens is 3. The second kappa shape index (κ2) is 6.74. The van der Waals surface area contributed by atoms with E-state index >= 15 is 0 Å². The Morgan fingerprint density at radius 3 is 2.68 bits per heavy atom. The number of ketones is 1. The van der Waals surface area contributed by atoms with Crippen LogP contribution in [0.25, 0.3) is 5.65 Å². The van der Waals surface area contributed by atoms with E-state index in [2.05, 4.69) is 26.4 Å². The summed E-state index contributed by atoms with van der Waals surface area (Å²) < 4.78 is 1.59. The van der Waals surface area contributed by atoms with Gasteiger partial charge in [0.25, 0.3) is 5.91 Å². The van der Waals surface area contributed by atoms with Crippen molar-refractivity contribution in [2.45, 2.75) is 32.1 Å². The summed E-state index contributed by atoms with van der Waals surface area (Å²) in [7, 11) is 0. The van der Waals surface area contributed by atoms with E-state index in [9.17, 15) is 9.59 Å². The summed E-state index contributed by atoms with van der Waals surface area (Å²) in [4.78, 5) is 31.5. The third-order valence-corrected chi connectivity index (χ3v) is 5.56. The Kier molecular flexibility index (Phi) is 4.07. The molecule has 1 aliphatic carbocycles. The zero-order valence-electron chi connectivity index (χ0n) is 15.5. The van der Waals surface area contributed by atoms with Crippen molar-refractivity contribution in [1.29, 1.82) is 0 Å². The molecule has 2 aromatic heterocycles. The number of benzene rings is 1. The number of nitrogens with zero attached hydrogens (tertiary/aromatic N) is 4. The van der Waals surface area contributed by atoms with E-state index in [4.69, 9.17) is 0 Å². The second-order valence-corrected chi connectivity index (χ2v) is 7.48. The van der Waals surface area contributed by atoms with Gasteiger partial charge in [0.05, 0.1) is 17.6 Å². The van der Waals surface area contributed by atoms with Gasteiger partial charge in [0.1, 0.15) is 11.3 Å². The fraction of sp³-hybridized carbons (Fsp3) is 0.333. The smallest absolute Gasteiger partial charge is 0.261 e. The summed E-state index contributed by atoms with van der Waals surface area (Å²) in [6.07, 6.45) is 9.39. The summed E-state index contributed by atoms with van der Waals surface area (Å²) in [6.45, 7) is 1.93. The molecule has 0 saturated carbocycles. The van der Waals surface area contributed by atoms with Crippen molar-refractivity contribution in [2.75, 3.05) is 23.3 Å². The molecule has 5 rings (SSSR count). The number of amides is 1. The summed E-state index contributed by atoms with van der Waals surface area (Å²) in [6, 6.07) is 5.84. The molecule has 1 fully saturated rings. The van der Waals surface area contributed by atoms with Crippen LogP contribution in [0.5, 0.6) is 0 Å². The number of carbonyl (C=O) groups excluding carboxylic acids is 2. The fourth-order valence-electron chi connectivity index (χ4n) is 4.17. The maximum Gasteiger partial charge on any atom is 0.261 e. The molecule has 7 heteroatoms. The Labute approximate surface area is 162 Å². The number of nitrogens with one attached hydrogen (secondary N) is 1. The quantitative estimate of drug-likeness (QED) is 0.761. The first-order valence-electron chi connectivity index (χ1n) is 9.71. The minimum atomic E-state index is -0.240. The molecule has 3 aromatic rings. The SMILES string of the molecule is O=C1Cc2cc(NC(=O)c3cnn4cccnc34)c(N3CCCCC3)cc2C1. The van der Waals surface area contributed by atoms with Gasteiger partial charge >= 0.3 is 0 Å². The molecule has 1 saturated heterocycles. The highest BCUT2D eigenvalue weighted by Gasteiger charge is 2.25.